The Morgan fingerprint density at radius 2 is 2.30 bits per heavy atom. The van der Waals surface area contributed by atoms with E-state index in [1.54, 1.807) is 25.1 Å². The van der Waals surface area contributed by atoms with E-state index in [4.69, 9.17) is 10.00 Å². The average molecular weight is 275 g/mol. The van der Waals surface area contributed by atoms with Gasteiger partial charge in [0.1, 0.15) is 5.69 Å². The standard InChI is InChI=1S/C14H17N3O3/c1-2-20-13-6-3-5-12(14(13)17(18)19)16(10-4-9-15)11-7-8-11/h3,5-6,11H,2,4,7-8,10H2,1H3. The van der Waals surface area contributed by atoms with Crippen molar-refractivity contribution in [1.82, 2.24) is 0 Å². The maximum atomic E-state index is 11.4. The number of nitrogens with zero attached hydrogens (tertiary/aromatic N) is 3. The maximum absolute atomic E-state index is 11.4. The lowest BCUT2D eigenvalue weighted by Gasteiger charge is -2.23. The van der Waals surface area contributed by atoms with Gasteiger partial charge in [-0.1, -0.05) is 6.07 Å². The summed E-state index contributed by atoms with van der Waals surface area (Å²) in [5.74, 6) is 0.289. The molecule has 1 aliphatic rings. The molecule has 2 rings (SSSR count). The number of benzene rings is 1. The Bertz CT molecular complexity index is 535. The minimum absolute atomic E-state index is 0.000750. The van der Waals surface area contributed by atoms with Crippen molar-refractivity contribution in [3.8, 4) is 11.8 Å². The highest BCUT2D eigenvalue weighted by Crippen LogP contribution is 2.41. The molecule has 0 N–H and O–H groups in total. The number of nitriles is 1. The van der Waals surface area contributed by atoms with Gasteiger partial charge in [-0.15, -0.1) is 0 Å². The van der Waals surface area contributed by atoms with E-state index in [9.17, 15) is 10.1 Å². The molecule has 0 amide bonds. The quantitative estimate of drug-likeness (QED) is 0.564. The normalized spacial score (nSPS) is 13.6. The zero-order chi connectivity index (χ0) is 14.5. The van der Waals surface area contributed by atoms with Crippen LogP contribution in [0.5, 0.6) is 5.75 Å². The molecule has 0 aliphatic heterocycles. The van der Waals surface area contributed by atoms with E-state index in [2.05, 4.69) is 6.07 Å². The molecule has 0 unspecified atom stereocenters. The predicted molar refractivity (Wildman–Crippen MR) is 74.9 cm³/mol. The number of nitro groups is 1. The number of nitro benzene ring substituents is 1. The topological polar surface area (TPSA) is 79.4 Å². The van der Waals surface area contributed by atoms with Crippen molar-refractivity contribution in [3.05, 3.63) is 28.3 Å². The Kier molecular flexibility index (Phi) is 4.41. The summed E-state index contributed by atoms with van der Waals surface area (Å²) < 4.78 is 5.36. The van der Waals surface area contributed by atoms with E-state index in [1.165, 1.54) is 0 Å². The third-order valence-corrected chi connectivity index (χ3v) is 3.22. The van der Waals surface area contributed by atoms with Gasteiger partial charge in [0.05, 0.1) is 24.0 Å². The largest absolute Gasteiger partial charge is 0.487 e. The molecule has 0 radical (unpaired) electrons. The Morgan fingerprint density at radius 1 is 1.55 bits per heavy atom. The fourth-order valence-corrected chi connectivity index (χ4v) is 2.25. The summed E-state index contributed by atoms with van der Waals surface area (Å²) in [5.41, 5.74) is 0.554. The number of para-hydroxylation sites is 1. The van der Waals surface area contributed by atoms with Crippen LogP contribution >= 0.6 is 0 Å². The molecule has 6 nitrogen and oxygen atoms in total. The number of hydrogen-bond acceptors (Lipinski definition) is 5. The van der Waals surface area contributed by atoms with Crippen LogP contribution in [-0.4, -0.2) is 24.1 Å². The maximum Gasteiger partial charge on any atom is 0.333 e. The summed E-state index contributed by atoms with van der Waals surface area (Å²) >= 11 is 0. The lowest BCUT2D eigenvalue weighted by Crippen LogP contribution is -2.27. The second kappa shape index (κ2) is 6.24. The smallest absolute Gasteiger partial charge is 0.333 e. The van der Waals surface area contributed by atoms with Gasteiger partial charge in [0.15, 0.2) is 5.75 Å². The second-order valence-corrected chi connectivity index (χ2v) is 4.65. The van der Waals surface area contributed by atoms with Crippen molar-refractivity contribution in [1.29, 1.82) is 5.26 Å². The van der Waals surface area contributed by atoms with Crippen LogP contribution in [0.1, 0.15) is 26.2 Å². The van der Waals surface area contributed by atoms with Crippen molar-refractivity contribution < 1.29 is 9.66 Å². The summed E-state index contributed by atoms with van der Waals surface area (Å²) in [6, 6.07) is 7.50. The molecule has 0 heterocycles. The molecule has 106 valence electrons. The van der Waals surface area contributed by atoms with E-state index in [1.807, 2.05) is 4.90 Å². The minimum atomic E-state index is -0.401. The first-order valence-electron chi connectivity index (χ1n) is 6.72. The molecule has 0 bridgehead atoms. The van der Waals surface area contributed by atoms with Crippen molar-refractivity contribution in [2.75, 3.05) is 18.1 Å². The van der Waals surface area contributed by atoms with Crippen LogP contribution < -0.4 is 9.64 Å². The summed E-state index contributed by atoms with van der Waals surface area (Å²) in [4.78, 5) is 12.9. The lowest BCUT2D eigenvalue weighted by atomic mass is 10.2. The van der Waals surface area contributed by atoms with E-state index in [0.717, 1.165) is 12.8 Å². The summed E-state index contributed by atoms with van der Waals surface area (Å²) in [5, 5.41) is 20.1. The molecule has 0 spiro atoms. The van der Waals surface area contributed by atoms with E-state index in [-0.39, 0.29) is 11.4 Å². The molecule has 20 heavy (non-hydrogen) atoms. The number of hydrogen-bond donors (Lipinski definition) is 0. The molecular weight excluding hydrogens is 258 g/mol. The molecule has 1 aliphatic carbocycles. The van der Waals surface area contributed by atoms with Crippen LogP contribution in [0.2, 0.25) is 0 Å². The van der Waals surface area contributed by atoms with E-state index < -0.39 is 4.92 Å². The van der Waals surface area contributed by atoms with E-state index in [0.29, 0.717) is 31.3 Å². The SMILES string of the molecule is CCOc1cccc(N(CCC#N)C2CC2)c1[N+](=O)[O-]. The predicted octanol–water partition coefficient (Wildman–Crippen LogP) is 2.88. The van der Waals surface area contributed by atoms with Crippen LogP contribution in [0.15, 0.2) is 18.2 Å². The zero-order valence-electron chi connectivity index (χ0n) is 11.4. The first-order chi connectivity index (χ1) is 9.69. The summed E-state index contributed by atoms with van der Waals surface area (Å²) in [6.45, 7) is 2.69. The van der Waals surface area contributed by atoms with Gasteiger partial charge < -0.3 is 9.64 Å². The Labute approximate surface area is 117 Å². The van der Waals surface area contributed by atoms with Gasteiger partial charge in [0, 0.05) is 12.6 Å². The second-order valence-electron chi connectivity index (χ2n) is 4.65. The van der Waals surface area contributed by atoms with Crippen LogP contribution in [0.3, 0.4) is 0 Å². The van der Waals surface area contributed by atoms with Crippen LogP contribution in [-0.2, 0) is 0 Å². The molecular formula is C14H17N3O3. The van der Waals surface area contributed by atoms with Crippen molar-refractivity contribution in [2.45, 2.75) is 32.2 Å². The van der Waals surface area contributed by atoms with Crippen LogP contribution in [0, 0.1) is 21.4 Å². The number of ether oxygens (including phenoxy) is 1. The van der Waals surface area contributed by atoms with Gasteiger partial charge in [-0.25, -0.2) is 0 Å². The Morgan fingerprint density at radius 3 is 2.85 bits per heavy atom. The van der Waals surface area contributed by atoms with Gasteiger partial charge in [-0.2, -0.15) is 5.26 Å². The summed E-state index contributed by atoms with van der Waals surface area (Å²) in [6.07, 6.45) is 2.38. The monoisotopic (exact) mass is 275 g/mol. The molecule has 1 fully saturated rings. The van der Waals surface area contributed by atoms with Crippen LogP contribution in [0.25, 0.3) is 0 Å². The van der Waals surface area contributed by atoms with Gasteiger partial charge in [0.25, 0.3) is 0 Å². The zero-order valence-corrected chi connectivity index (χ0v) is 11.4. The van der Waals surface area contributed by atoms with Gasteiger partial charge in [-0.05, 0) is 31.9 Å². The van der Waals surface area contributed by atoms with Crippen LogP contribution in [0.4, 0.5) is 11.4 Å². The minimum Gasteiger partial charge on any atom is -0.487 e. The van der Waals surface area contributed by atoms with E-state index >= 15 is 0 Å². The molecule has 1 aromatic rings. The lowest BCUT2D eigenvalue weighted by molar-refractivity contribution is -0.385. The third kappa shape index (κ3) is 2.99. The molecule has 1 saturated carbocycles. The first kappa shape index (κ1) is 14.1. The highest BCUT2D eigenvalue weighted by atomic mass is 16.6. The fraction of sp³-hybridized carbons (Fsp3) is 0.500. The Hall–Kier alpha value is -2.29. The first-order valence-corrected chi connectivity index (χ1v) is 6.72. The molecule has 0 atom stereocenters. The number of rotatable bonds is 7. The third-order valence-electron chi connectivity index (χ3n) is 3.22. The van der Waals surface area contributed by atoms with Gasteiger partial charge in [0.2, 0.25) is 0 Å². The highest BCUT2D eigenvalue weighted by molar-refractivity contribution is 5.70. The number of anilines is 1. The average Bonchev–Trinajstić information content (AvgIpc) is 3.24. The molecule has 6 heteroatoms. The summed E-state index contributed by atoms with van der Waals surface area (Å²) in [7, 11) is 0. The van der Waals surface area contributed by atoms with Crippen molar-refractivity contribution >= 4 is 11.4 Å². The Balaban J connectivity index is 2.39. The van der Waals surface area contributed by atoms with Crippen molar-refractivity contribution in [3.63, 3.8) is 0 Å². The van der Waals surface area contributed by atoms with Crippen molar-refractivity contribution in [2.24, 2.45) is 0 Å². The molecule has 0 aromatic heterocycles. The fourth-order valence-electron chi connectivity index (χ4n) is 2.25. The molecule has 0 saturated heterocycles. The molecule has 1 aromatic carbocycles. The van der Waals surface area contributed by atoms with Gasteiger partial charge >= 0.3 is 5.69 Å². The highest BCUT2D eigenvalue weighted by Gasteiger charge is 2.34. The van der Waals surface area contributed by atoms with Gasteiger partial charge in [-0.3, -0.25) is 10.1 Å².